The molecule has 0 aromatic heterocycles. The number of methoxy groups -OCH3 is 1. The lowest BCUT2D eigenvalue weighted by atomic mass is 10.1. The summed E-state index contributed by atoms with van der Waals surface area (Å²) in [7, 11) is 1.59. The van der Waals surface area contributed by atoms with Crippen LogP contribution in [0.25, 0.3) is 0 Å². The van der Waals surface area contributed by atoms with E-state index in [1.54, 1.807) is 43.1 Å². The van der Waals surface area contributed by atoms with Crippen molar-refractivity contribution in [2.75, 3.05) is 19.0 Å². The Balaban J connectivity index is 1.57. The maximum Gasteiger partial charge on any atom is 0.271 e. The molecule has 28 heavy (non-hydrogen) atoms. The van der Waals surface area contributed by atoms with Crippen LogP contribution >= 0.6 is 11.8 Å². The van der Waals surface area contributed by atoms with E-state index in [-0.39, 0.29) is 5.91 Å². The minimum Gasteiger partial charge on any atom is -0.497 e. The average molecular weight is 397 g/mol. The minimum atomic E-state index is -0.262. The predicted octanol–water partition coefficient (Wildman–Crippen LogP) is 4.14. The van der Waals surface area contributed by atoms with Gasteiger partial charge in [-0.15, -0.1) is 0 Å². The molecule has 2 aromatic rings. The number of nitrogens with one attached hydrogen (secondary N) is 2. The van der Waals surface area contributed by atoms with E-state index in [1.807, 2.05) is 31.2 Å². The van der Waals surface area contributed by atoms with Gasteiger partial charge in [-0.25, -0.2) is 5.43 Å². The van der Waals surface area contributed by atoms with Crippen molar-refractivity contribution in [1.82, 2.24) is 5.43 Å². The highest BCUT2D eigenvalue weighted by Crippen LogP contribution is 2.24. The molecule has 3 rings (SSSR count). The number of rotatable bonds is 6. The number of anilines is 1. The lowest BCUT2D eigenvalue weighted by Crippen LogP contribution is -2.19. The number of carbonyl (C=O) groups is 1. The Kier molecular flexibility index (Phi) is 6.71. The van der Waals surface area contributed by atoms with Crippen LogP contribution in [-0.2, 0) is 0 Å². The maximum atomic E-state index is 12.2. The minimum absolute atomic E-state index is 0.262. The fourth-order valence-corrected chi connectivity index (χ4v) is 3.58. The quantitative estimate of drug-likeness (QED) is 0.568. The number of ether oxygens (including phenoxy) is 1. The van der Waals surface area contributed by atoms with Gasteiger partial charge < -0.3 is 10.1 Å². The fraction of sp³-hybridized carbons (Fsp3) is 0.286. The van der Waals surface area contributed by atoms with Crippen molar-refractivity contribution >= 4 is 34.2 Å². The molecule has 0 unspecified atom stereocenters. The van der Waals surface area contributed by atoms with E-state index < -0.39 is 0 Å². The van der Waals surface area contributed by atoms with Gasteiger partial charge >= 0.3 is 0 Å². The highest BCUT2D eigenvalue weighted by Gasteiger charge is 2.17. The molecule has 2 N–H and O–H groups in total. The Morgan fingerprint density at radius 1 is 1.18 bits per heavy atom. The van der Waals surface area contributed by atoms with Crippen molar-refractivity contribution in [1.29, 1.82) is 0 Å². The van der Waals surface area contributed by atoms with Gasteiger partial charge in [0.15, 0.2) is 5.17 Å². The van der Waals surface area contributed by atoms with Gasteiger partial charge in [0.2, 0.25) is 0 Å². The SMILES string of the molecule is CC[C@@H]1CN=C(Nc2ccc(/C(C)=N\NC(=O)c3ccc(OC)cc3)cc2)S1. The van der Waals surface area contributed by atoms with Crippen LogP contribution in [0.4, 0.5) is 5.69 Å². The summed E-state index contributed by atoms with van der Waals surface area (Å²) in [6.07, 6.45) is 1.12. The second-order valence-corrected chi connectivity index (χ2v) is 7.65. The predicted molar refractivity (Wildman–Crippen MR) is 117 cm³/mol. The summed E-state index contributed by atoms with van der Waals surface area (Å²) in [5, 5.41) is 9.09. The van der Waals surface area contributed by atoms with Gasteiger partial charge in [0.05, 0.1) is 19.4 Å². The molecule has 1 heterocycles. The zero-order valence-corrected chi connectivity index (χ0v) is 17.0. The van der Waals surface area contributed by atoms with E-state index in [0.717, 1.165) is 35.1 Å². The third-order valence-electron chi connectivity index (χ3n) is 4.40. The molecular weight excluding hydrogens is 372 g/mol. The number of nitrogens with zero attached hydrogens (tertiary/aromatic N) is 2. The molecule has 1 aliphatic rings. The van der Waals surface area contributed by atoms with Gasteiger partial charge in [-0.2, -0.15) is 5.10 Å². The number of thioether (sulfide) groups is 1. The van der Waals surface area contributed by atoms with Crippen molar-refractivity contribution in [3.8, 4) is 5.75 Å². The van der Waals surface area contributed by atoms with E-state index in [1.165, 1.54) is 0 Å². The first-order chi connectivity index (χ1) is 13.6. The first kappa shape index (κ1) is 19.9. The van der Waals surface area contributed by atoms with Crippen LogP contribution in [-0.4, -0.2) is 35.7 Å². The van der Waals surface area contributed by atoms with Crippen molar-refractivity contribution in [3.63, 3.8) is 0 Å². The van der Waals surface area contributed by atoms with Crippen LogP contribution in [0, 0.1) is 0 Å². The van der Waals surface area contributed by atoms with E-state index in [4.69, 9.17) is 4.74 Å². The molecule has 0 radical (unpaired) electrons. The van der Waals surface area contributed by atoms with Crippen LogP contribution in [0.15, 0.2) is 58.6 Å². The molecule has 0 spiro atoms. The Morgan fingerprint density at radius 2 is 1.86 bits per heavy atom. The summed E-state index contributed by atoms with van der Waals surface area (Å²) in [5.41, 5.74) is 5.77. The number of benzene rings is 2. The van der Waals surface area contributed by atoms with E-state index in [9.17, 15) is 4.79 Å². The van der Waals surface area contributed by atoms with Gasteiger partial charge in [-0.1, -0.05) is 30.8 Å². The molecule has 0 bridgehead atoms. The highest BCUT2D eigenvalue weighted by molar-refractivity contribution is 8.15. The second-order valence-electron chi connectivity index (χ2n) is 6.36. The van der Waals surface area contributed by atoms with Gasteiger partial charge in [0, 0.05) is 16.5 Å². The summed E-state index contributed by atoms with van der Waals surface area (Å²) < 4.78 is 5.09. The molecule has 6 nitrogen and oxygen atoms in total. The topological polar surface area (TPSA) is 75.1 Å². The maximum absolute atomic E-state index is 12.2. The van der Waals surface area contributed by atoms with Crippen molar-refractivity contribution in [2.45, 2.75) is 25.5 Å². The summed E-state index contributed by atoms with van der Waals surface area (Å²) in [5.74, 6) is 0.444. The number of hydrogen-bond donors (Lipinski definition) is 2. The molecule has 146 valence electrons. The highest BCUT2D eigenvalue weighted by atomic mass is 32.2. The Morgan fingerprint density at radius 3 is 2.46 bits per heavy atom. The number of hydrazone groups is 1. The van der Waals surface area contributed by atoms with Crippen molar-refractivity contribution in [3.05, 3.63) is 59.7 Å². The molecule has 0 aliphatic carbocycles. The molecule has 1 amide bonds. The van der Waals surface area contributed by atoms with E-state index >= 15 is 0 Å². The standard InChI is InChI=1S/C21H24N4O2S/c1-4-19-13-22-21(28-19)23-17-9-5-15(6-10-17)14(2)24-25-20(26)16-7-11-18(27-3)12-8-16/h5-12,19H,4,13H2,1-3H3,(H,22,23)(H,25,26)/b24-14-/t19-/m1/s1. The summed E-state index contributed by atoms with van der Waals surface area (Å²) in [6, 6.07) is 14.8. The Hall–Kier alpha value is -2.80. The normalized spacial score (nSPS) is 16.5. The first-order valence-corrected chi connectivity index (χ1v) is 10.0. The zero-order valence-electron chi connectivity index (χ0n) is 16.2. The summed E-state index contributed by atoms with van der Waals surface area (Å²) in [4.78, 5) is 16.7. The molecule has 0 fully saturated rings. The number of amidine groups is 1. The van der Waals surface area contributed by atoms with Gasteiger partial charge in [0.25, 0.3) is 5.91 Å². The molecule has 0 saturated carbocycles. The molecule has 0 saturated heterocycles. The third-order valence-corrected chi connectivity index (χ3v) is 5.67. The third kappa shape index (κ3) is 5.13. The second kappa shape index (κ2) is 9.41. The van der Waals surface area contributed by atoms with Crippen LogP contribution in [0.3, 0.4) is 0 Å². The van der Waals surface area contributed by atoms with Crippen LogP contribution in [0.2, 0.25) is 0 Å². The van der Waals surface area contributed by atoms with E-state index in [2.05, 4.69) is 27.8 Å². The van der Waals surface area contributed by atoms with Crippen molar-refractivity contribution in [2.24, 2.45) is 10.1 Å². The smallest absolute Gasteiger partial charge is 0.271 e. The number of aliphatic imine (C=N–C) groups is 1. The Bertz CT molecular complexity index is 876. The van der Waals surface area contributed by atoms with Crippen LogP contribution < -0.4 is 15.5 Å². The molecule has 7 heteroatoms. The van der Waals surface area contributed by atoms with E-state index in [0.29, 0.717) is 16.6 Å². The lowest BCUT2D eigenvalue weighted by Gasteiger charge is -2.08. The number of carbonyl (C=O) groups excluding carboxylic acids is 1. The molecule has 1 atom stereocenters. The van der Waals surface area contributed by atoms with Crippen LogP contribution in [0.5, 0.6) is 5.75 Å². The lowest BCUT2D eigenvalue weighted by molar-refractivity contribution is 0.0955. The van der Waals surface area contributed by atoms with Crippen LogP contribution in [0.1, 0.15) is 36.2 Å². The first-order valence-electron chi connectivity index (χ1n) is 9.16. The zero-order chi connectivity index (χ0) is 19.9. The summed E-state index contributed by atoms with van der Waals surface area (Å²) >= 11 is 1.79. The van der Waals surface area contributed by atoms with Gasteiger partial charge in [-0.3, -0.25) is 9.79 Å². The number of hydrogen-bond acceptors (Lipinski definition) is 6. The molecule has 1 aliphatic heterocycles. The number of amides is 1. The largest absolute Gasteiger partial charge is 0.497 e. The molecule has 2 aromatic carbocycles. The van der Waals surface area contributed by atoms with Crippen molar-refractivity contribution < 1.29 is 9.53 Å². The fourth-order valence-electron chi connectivity index (χ4n) is 2.62. The average Bonchev–Trinajstić information content (AvgIpc) is 3.20. The monoisotopic (exact) mass is 396 g/mol. The molecular formula is C21H24N4O2S. The van der Waals surface area contributed by atoms with Gasteiger partial charge in [-0.05, 0) is 55.3 Å². The van der Waals surface area contributed by atoms with Gasteiger partial charge in [0.1, 0.15) is 5.75 Å². The summed E-state index contributed by atoms with van der Waals surface area (Å²) in [6.45, 7) is 4.92. The Labute approximate surface area is 169 Å².